The van der Waals surface area contributed by atoms with Crippen molar-refractivity contribution in [3.05, 3.63) is 106 Å². The third-order valence-electron chi connectivity index (χ3n) is 4.66. The summed E-state index contributed by atoms with van der Waals surface area (Å²) in [6.07, 6.45) is 1.57. The molecule has 0 unspecified atom stereocenters. The Bertz CT molecular complexity index is 1360. The van der Waals surface area contributed by atoms with Crippen molar-refractivity contribution in [1.29, 1.82) is 0 Å². The van der Waals surface area contributed by atoms with Crippen molar-refractivity contribution in [2.45, 2.75) is 0 Å². The largest absolute Gasteiger partial charge is 0.422 e. The second kappa shape index (κ2) is 10.4. The molecule has 0 aliphatic heterocycles. The number of fused-ring (bicyclic) bond motifs is 1. The fourth-order valence-corrected chi connectivity index (χ4v) is 3.61. The molecule has 2 N–H and O–H groups in total. The van der Waals surface area contributed by atoms with Crippen molar-refractivity contribution in [2.24, 2.45) is 5.10 Å². The maximum absolute atomic E-state index is 12.7. The van der Waals surface area contributed by atoms with Crippen molar-refractivity contribution in [1.82, 2.24) is 5.43 Å². The van der Waals surface area contributed by atoms with Gasteiger partial charge in [0.25, 0.3) is 0 Å². The van der Waals surface area contributed by atoms with E-state index in [0.717, 1.165) is 16.5 Å². The summed E-state index contributed by atoms with van der Waals surface area (Å²) in [5.41, 5.74) is 4.53. The number of hydrogen-bond acceptors (Lipinski definition) is 4. The maximum Gasteiger partial charge on any atom is 0.343 e. The summed E-state index contributed by atoms with van der Waals surface area (Å²) in [7, 11) is 0. The monoisotopic (exact) mass is 493 g/mol. The molecule has 0 radical (unpaired) electrons. The summed E-state index contributed by atoms with van der Waals surface area (Å²) < 4.78 is 5.68. The van der Waals surface area contributed by atoms with Crippen LogP contribution in [0.4, 0.5) is 5.69 Å². The molecule has 0 bridgehead atoms. The van der Waals surface area contributed by atoms with Gasteiger partial charge in [-0.1, -0.05) is 59.6 Å². The van der Waals surface area contributed by atoms with Crippen LogP contribution >= 0.6 is 35.4 Å². The van der Waals surface area contributed by atoms with Crippen molar-refractivity contribution >= 4 is 69.2 Å². The van der Waals surface area contributed by atoms with Crippen molar-refractivity contribution < 1.29 is 9.53 Å². The lowest BCUT2D eigenvalue weighted by Gasteiger charge is -2.11. The Labute approximate surface area is 206 Å². The Hall–Kier alpha value is -3.45. The number of rotatable bonds is 5. The van der Waals surface area contributed by atoms with E-state index in [1.807, 2.05) is 42.5 Å². The van der Waals surface area contributed by atoms with Gasteiger partial charge in [-0.2, -0.15) is 5.10 Å². The lowest BCUT2D eigenvalue weighted by Crippen LogP contribution is -2.23. The molecule has 0 fully saturated rings. The van der Waals surface area contributed by atoms with Crippen LogP contribution in [0, 0.1) is 0 Å². The standard InChI is InChI=1S/C25H17Cl2N3O2S/c26-18-11-8-17(9-12-18)24(31)32-23-13-10-16-4-1-2-7-21(16)22(23)15-28-30-25(33)29-20-6-3-5-19(27)14-20/h1-15H,(H2,29,30,33)/b28-15+. The van der Waals surface area contributed by atoms with E-state index in [9.17, 15) is 4.79 Å². The predicted molar refractivity (Wildman–Crippen MR) is 139 cm³/mol. The molecular weight excluding hydrogens is 477 g/mol. The first-order chi connectivity index (χ1) is 16.0. The Balaban J connectivity index is 1.56. The van der Waals surface area contributed by atoms with Gasteiger partial charge in [-0.15, -0.1) is 0 Å². The van der Waals surface area contributed by atoms with E-state index in [-0.39, 0.29) is 5.11 Å². The molecule has 164 valence electrons. The van der Waals surface area contributed by atoms with Crippen LogP contribution in [0.5, 0.6) is 5.75 Å². The summed E-state index contributed by atoms with van der Waals surface area (Å²) >= 11 is 17.2. The van der Waals surface area contributed by atoms with Gasteiger partial charge in [-0.25, -0.2) is 4.79 Å². The molecule has 0 spiro atoms. The number of esters is 1. The Morgan fingerprint density at radius 2 is 1.70 bits per heavy atom. The summed E-state index contributed by atoms with van der Waals surface area (Å²) in [4.78, 5) is 12.7. The van der Waals surface area contributed by atoms with Crippen LogP contribution in [0.2, 0.25) is 10.0 Å². The fourth-order valence-electron chi connectivity index (χ4n) is 3.12. The topological polar surface area (TPSA) is 62.7 Å². The molecule has 0 atom stereocenters. The molecule has 0 saturated heterocycles. The van der Waals surface area contributed by atoms with E-state index < -0.39 is 5.97 Å². The molecular formula is C25H17Cl2N3O2S. The smallest absolute Gasteiger partial charge is 0.343 e. The van der Waals surface area contributed by atoms with Gasteiger partial charge in [0.05, 0.1) is 11.8 Å². The zero-order chi connectivity index (χ0) is 23.2. The number of halogens is 2. The molecule has 0 amide bonds. The Kier molecular flexibility index (Phi) is 7.19. The van der Waals surface area contributed by atoms with E-state index in [4.69, 9.17) is 40.2 Å². The molecule has 0 heterocycles. The molecule has 4 rings (SSSR count). The number of hydrazone groups is 1. The number of carbonyl (C=O) groups excluding carboxylic acids is 1. The first-order valence-electron chi connectivity index (χ1n) is 9.85. The first kappa shape index (κ1) is 22.7. The van der Waals surface area contributed by atoms with Gasteiger partial charge >= 0.3 is 5.97 Å². The minimum atomic E-state index is -0.497. The lowest BCUT2D eigenvalue weighted by atomic mass is 10.0. The quantitative estimate of drug-likeness (QED) is 0.106. The van der Waals surface area contributed by atoms with Crippen molar-refractivity contribution in [2.75, 3.05) is 5.32 Å². The molecule has 0 aromatic heterocycles. The molecule has 4 aromatic rings. The van der Waals surface area contributed by atoms with Crippen LogP contribution in [-0.4, -0.2) is 17.3 Å². The van der Waals surface area contributed by atoms with Gasteiger partial charge in [0.1, 0.15) is 5.75 Å². The minimum absolute atomic E-state index is 0.286. The highest BCUT2D eigenvalue weighted by Gasteiger charge is 2.13. The van der Waals surface area contributed by atoms with Gasteiger partial charge in [-0.3, -0.25) is 5.43 Å². The van der Waals surface area contributed by atoms with Crippen LogP contribution < -0.4 is 15.5 Å². The predicted octanol–water partition coefficient (Wildman–Crippen LogP) is 6.69. The highest BCUT2D eigenvalue weighted by molar-refractivity contribution is 7.80. The zero-order valence-corrected chi connectivity index (χ0v) is 19.4. The number of nitrogens with zero attached hydrogens (tertiary/aromatic N) is 1. The average Bonchev–Trinajstić information content (AvgIpc) is 2.80. The highest BCUT2D eigenvalue weighted by atomic mass is 35.5. The third kappa shape index (κ3) is 5.87. The van der Waals surface area contributed by atoms with E-state index in [0.29, 0.717) is 26.9 Å². The first-order valence-corrected chi connectivity index (χ1v) is 11.0. The van der Waals surface area contributed by atoms with Crippen LogP contribution in [0.1, 0.15) is 15.9 Å². The number of ether oxygens (including phenoxy) is 1. The van der Waals surface area contributed by atoms with E-state index in [1.54, 1.807) is 48.7 Å². The Morgan fingerprint density at radius 1 is 0.909 bits per heavy atom. The second-order valence-corrected chi connectivity index (χ2v) is 8.21. The molecule has 33 heavy (non-hydrogen) atoms. The molecule has 0 aliphatic rings. The van der Waals surface area contributed by atoms with Gasteiger partial charge in [0.2, 0.25) is 0 Å². The van der Waals surface area contributed by atoms with E-state index in [1.165, 1.54) is 0 Å². The van der Waals surface area contributed by atoms with Crippen LogP contribution in [0.25, 0.3) is 10.8 Å². The van der Waals surface area contributed by atoms with Crippen LogP contribution in [-0.2, 0) is 0 Å². The number of thiocarbonyl (C=S) groups is 1. The van der Waals surface area contributed by atoms with Gasteiger partial charge in [0, 0.05) is 21.3 Å². The summed E-state index contributed by atoms with van der Waals surface area (Å²) in [6, 6.07) is 25.0. The number of benzene rings is 4. The van der Waals surface area contributed by atoms with Crippen molar-refractivity contribution in [3.63, 3.8) is 0 Å². The minimum Gasteiger partial charge on any atom is -0.422 e. The van der Waals surface area contributed by atoms with Crippen LogP contribution in [0.3, 0.4) is 0 Å². The number of anilines is 1. The normalized spacial score (nSPS) is 10.8. The highest BCUT2D eigenvalue weighted by Crippen LogP contribution is 2.27. The number of nitrogens with one attached hydrogen (secondary N) is 2. The van der Waals surface area contributed by atoms with Crippen LogP contribution in [0.15, 0.2) is 90.0 Å². The summed E-state index contributed by atoms with van der Waals surface area (Å²) in [5.74, 6) is -0.129. The average molecular weight is 494 g/mol. The molecule has 5 nitrogen and oxygen atoms in total. The van der Waals surface area contributed by atoms with Gasteiger partial charge in [-0.05, 0) is 71.5 Å². The third-order valence-corrected chi connectivity index (χ3v) is 5.34. The summed E-state index contributed by atoms with van der Waals surface area (Å²) in [6.45, 7) is 0. The molecule has 0 saturated carbocycles. The Morgan fingerprint density at radius 3 is 2.48 bits per heavy atom. The zero-order valence-electron chi connectivity index (χ0n) is 17.1. The molecule has 4 aromatic carbocycles. The molecule has 8 heteroatoms. The van der Waals surface area contributed by atoms with Gasteiger partial charge < -0.3 is 10.1 Å². The maximum atomic E-state index is 12.7. The lowest BCUT2D eigenvalue weighted by molar-refractivity contribution is 0.0735. The second-order valence-electron chi connectivity index (χ2n) is 6.93. The number of hydrogen-bond donors (Lipinski definition) is 2. The van der Waals surface area contributed by atoms with Crippen molar-refractivity contribution in [3.8, 4) is 5.75 Å². The van der Waals surface area contributed by atoms with E-state index >= 15 is 0 Å². The number of carbonyl (C=O) groups is 1. The fraction of sp³-hybridized carbons (Fsp3) is 0. The van der Waals surface area contributed by atoms with E-state index in [2.05, 4.69) is 15.8 Å². The SMILES string of the molecule is O=C(Oc1ccc2ccccc2c1/C=N/NC(=S)Nc1cccc(Cl)c1)c1ccc(Cl)cc1. The van der Waals surface area contributed by atoms with Gasteiger partial charge in [0.15, 0.2) is 5.11 Å². The molecule has 0 aliphatic carbocycles. The summed E-state index contributed by atoms with van der Waals surface area (Å²) in [5, 5.41) is 10.5.